The quantitative estimate of drug-likeness (QED) is 0.230. The molecule has 0 heterocycles. The Morgan fingerprint density at radius 1 is 0.632 bits per heavy atom. The first-order valence-electron chi connectivity index (χ1n) is 14.5. The average molecular weight is 521 g/mol. The van der Waals surface area contributed by atoms with Crippen LogP contribution in [0.15, 0.2) is 36.4 Å². The smallest absolute Gasteiger partial charge is 0.167 e. The molecule has 3 aliphatic carbocycles. The third-order valence-electron chi connectivity index (χ3n) is 9.72. The topological polar surface area (TPSA) is 0 Å². The fourth-order valence-electron chi connectivity index (χ4n) is 7.47. The van der Waals surface area contributed by atoms with E-state index in [2.05, 4.69) is 6.92 Å². The molecule has 0 aliphatic heterocycles. The van der Waals surface area contributed by atoms with E-state index in [4.69, 9.17) is 0 Å². The van der Waals surface area contributed by atoms with E-state index in [9.17, 15) is 4.39 Å². The van der Waals surface area contributed by atoms with Crippen LogP contribution in [0.1, 0.15) is 88.7 Å². The lowest BCUT2D eigenvalue weighted by atomic mass is 9.68. The molecule has 200 valence electrons. The van der Waals surface area contributed by atoms with Crippen molar-refractivity contribution in [2.45, 2.75) is 84.0 Å². The maximum atomic E-state index is 15.7. The maximum absolute atomic E-state index is 15.7. The Morgan fingerprint density at radius 2 is 1.24 bits per heavy atom. The van der Waals surface area contributed by atoms with Crippen molar-refractivity contribution in [3.8, 4) is 33.4 Å². The van der Waals surface area contributed by atoms with Gasteiger partial charge in [0.15, 0.2) is 11.6 Å². The van der Waals surface area contributed by atoms with Crippen LogP contribution in [0, 0.1) is 41.0 Å². The van der Waals surface area contributed by atoms with Crippen LogP contribution in [0.2, 0.25) is 0 Å². The van der Waals surface area contributed by atoms with Gasteiger partial charge >= 0.3 is 0 Å². The van der Waals surface area contributed by atoms with Gasteiger partial charge in [-0.25, -0.2) is 17.6 Å². The third kappa shape index (κ3) is 4.28. The summed E-state index contributed by atoms with van der Waals surface area (Å²) in [6.07, 6.45) is 10.7. The van der Waals surface area contributed by atoms with Gasteiger partial charge in [0.05, 0.1) is 0 Å². The molecule has 0 aromatic heterocycles. The predicted octanol–water partition coefficient (Wildman–Crippen LogP) is 10.6. The fraction of sp³-hybridized carbons (Fsp3) is 0.471. The summed E-state index contributed by atoms with van der Waals surface area (Å²) in [5.41, 5.74) is 2.71. The van der Waals surface area contributed by atoms with Gasteiger partial charge in [-0.05, 0) is 103 Å². The molecule has 0 unspecified atom stereocenters. The summed E-state index contributed by atoms with van der Waals surface area (Å²) in [6, 6.07) is 9.84. The number of halogens is 4. The van der Waals surface area contributed by atoms with Crippen molar-refractivity contribution in [1.82, 2.24) is 0 Å². The highest BCUT2D eigenvalue weighted by molar-refractivity contribution is 6.04. The molecule has 0 N–H and O–H groups in total. The van der Waals surface area contributed by atoms with Crippen LogP contribution >= 0.6 is 0 Å². The second-order valence-electron chi connectivity index (χ2n) is 12.1. The number of rotatable bonds is 5. The van der Waals surface area contributed by atoms with Crippen LogP contribution in [-0.4, -0.2) is 0 Å². The zero-order valence-corrected chi connectivity index (χ0v) is 22.4. The van der Waals surface area contributed by atoms with Crippen molar-refractivity contribution in [2.24, 2.45) is 17.8 Å². The Labute approximate surface area is 223 Å². The van der Waals surface area contributed by atoms with Crippen LogP contribution in [-0.2, 0) is 6.42 Å². The minimum absolute atomic E-state index is 0.00235. The Balaban J connectivity index is 1.25. The molecule has 0 bridgehead atoms. The van der Waals surface area contributed by atoms with Crippen LogP contribution in [0.5, 0.6) is 0 Å². The summed E-state index contributed by atoms with van der Waals surface area (Å²) in [5.74, 6) is -0.702. The predicted molar refractivity (Wildman–Crippen MR) is 146 cm³/mol. The molecule has 2 fully saturated rings. The summed E-state index contributed by atoms with van der Waals surface area (Å²) >= 11 is 0. The lowest BCUT2D eigenvalue weighted by molar-refractivity contribution is 0.164. The lowest BCUT2D eigenvalue weighted by Crippen LogP contribution is -2.25. The number of fused-ring (bicyclic) bond motifs is 4. The third-order valence-corrected chi connectivity index (χ3v) is 9.72. The molecular formula is C34H36F4. The molecule has 6 rings (SSSR count). The number of hydrogen-bond acceptors (Lipinski definition) is 0. The number of hydrogen-bond donors (Lipinski definition) is 0. The van der Waals surface area contributed by atoms with Crippen molar-refractivity contribution < 1.29 is 17.6 Å². The summed E-state index contributed by atoms with van der Waals surface area (Å²) in [4.78, 5) is 0. The van der Waals surface area contributed by atoms with E-state index in [0.717, 1.165) is 55.9 Å². The average Bonchev–Trinajstić information content (AvgIpc) is 2.90. The van der Waals surface area contributed by atoms with E-state index in [1.54, 1.807) is 30.3 Å². The molecule has 0 nitrogen and oxygen atoms in total. The zero-order chi connectivity index (χ0) is 26.6. The molecule has 0 radical (unpaired) electrons. The second kappa shape index (κ2) is 10.2. The van der Waals surface area contributed by atoms with E-state index < -0.39 is 23.3 Å². The first-order valence-corrected chi connectivity index (χ1v) is 14.5. The van der Waals surface area contributed by atoms with Gasteiger partial charge in [0.25, 0.3) is 0 Å². The Morgan fingerprint density at radius 3 is 1.89 bits per heavy atom. The van der Waals surface area contributed by atoms with E-state index in [1.807, 2.05) is 6.92 Å². The van der Waals surface area contributed by atoms with Crippen molar-refractivity contribution in [1.29, 1.82) is 0 Å². The standard InChI is InChI=1S/C34H36F4/c1-3-4-20-7-14-24(29(35)17-20)26-16-15-25-28-18-27(33(37)34(38)31(28)30(25)32(26)36)23-12-10-22(11-13-23)21-8-5-19(2)6-9-21/h7,14-19,21-23H,3-6,8-13H2,1-2H3. The largest absolute Gasteiger partial charge is 0.206 e. The first-order chi connectivity index (χ1) is 18.4. The molecule has 0 atom stereocenters. The van der Waals surface area contributed by atoms with Gasteiger partial charge in [-0.3, -0.25) is 0 Å². The second-order valence-corrected chi connectivity index (χ2v) is 12.1. The molecule has 3 aromatic carbocycles. The Hall–Kier alpha value is -2.62. The monoisotopic (exact) mass is 520 g/mol. The van der Waals surface area contributed by atoms with E-state index in [0.29, 0.717) is 22.6 Å². The van der Waals surface area contributed by atoms with Crippen LogP contribution in [0.4, 0.5) is 17.6 Å². The first kappa shape index (κ1) is 25.6. The summed E-state index contributed by atoms with van der Waals surface area (Å²) in [6.45, 7) is 4.35. The van der Waals surface area contributed by atoms with E-state index in [1.165, 1.54) is 31.7 Å². The van der Waals surface area contributed by atoms with Crippen LogP contribution in [0.3, 0.4) is 0 Å². The molecule has 0 amide bonds. The molecule has 38 heavy (non-hydrogen) atoms. The van der Waals surface area contributed by atoms with Crippen molar-refractivity contribution in [2.75, 3.05) is 0 Å². The van der Waals surface area contributed by atoms with Crippen LogP contribution < -0.4 is 0 Å². The normalized spacial score (nSPS) is 24.5. The van der Waals surface area contributed by atoms with Crippen molar-refractivity contribution in [3.05, 3.63) is 70.8 Å². The molecule has 2 saturated carbocycles. The molecular weight excluding hydrogens is 484 g/mol. The van der Waals surface area contributed by atoms with Gasteiger partial charge in [-0.2, -0.15) is 0 Å². The number of aryl methyl sites for hydroxylation is 1. The highest BCUT2D eigenvalue weighted by Crippen LogP contribution is 2.54. The van der Waals surface area contributed by atoms with Crippen LogP contribution in [0.25, 0.3) is 33.4 Å². The van der Waals surface area contributed by atoms with Gasteiger partial charge in [0.1, 0.15) is 11.6 Å². The zero-order valence-electron chi connectivity index (χ0n) is 22.4. The molecule has 0 saturated heterocycles. The molecule has 3 aliphatic rings. The molecule has 0 spiro atoms. The van der Waals surface area contributed by atoms with Crippen molar-refractivity contribution in [3.63, 3.8) is 0 Å². The van der Waals surface area contributed by atoms with Gasteiger partial charge in [0, 0.05) is 22.3 Å². The lowest BCUT2D eigenvalue weighted by Gasteiger charge is -2.38. The Kier molecular flexibility index (Phi) is 6.86. The van der Waals surface area contributed by atoms with Crippen molar-refractivity contribution >= 4 is 0 Å². The molecule has 4 heteroatoms. The van der Waals surface area contributed by atoms with Gasteiger partial charge in [-0.1, -0.05) is 57.4 Å². The molecule has 3 aromatic rings. The van der Waals surface area contributed by atoms with Gasteiger partial charge in [-0.15, -0.1) is 0 Å². The fourth-order valence-corrected chi connectivity index (χ4v) is 7.47. The minimum atomic E-state index is -0.969. The Bertz CT molecular complexity index is 1360. The maximum Gasteiger partial charge on any atom is 0.167 e. The van der Waals surface area contributed by atoms with Gasteiger partial charge in [0.2, 0.25) is 0 Å². The summed E-state index contributed by atoms with van der Waals surface area (Å²) < 4.78 is 61.4. The number of benzene rings is 3. The van der Waals surface area contributed by atoms with E-state index >= 15 is 13.2 Å². The highest BCUT2D eigenvalue weighted by atomic mass is 19.2. The highest BCUT2D eigenvalue weighted by Gasteiger charge is 2.37. The van der Waals surface area contributed by atoms with E-state index in [-0.39, 0.29) is 28.2 Å². The SMILES string of the molecule is CCCc1ccc(-c2ccc3c(c2F)-c2c-3cc(C3CCC(C4CCC(C)CC4)CC3)c(F)c2F)c(F)c1. The minimum Gasteiger partial charge on any atom is -0.206 e. The summed E-state index contributed by atoms with van der Waals surface area (Å²) in [7, 11) is 0. The summed E-state index contributed by atoms with van der Waals surface area (Å²) in [5, 5.41) is 0. The van der Waals surface area contributed by atoms with Gasteiger partial charge < -0.3 is 0 Å².